The van der Waals surface area contributed by atoms with Gasteiger partial charge in [-0.2, -0.15) is 11.8 Å². The summed E-state index contributed by atoms with van der Waals surface area (Å²) in [6, 6.07) is 7.82. The summed E-state index contributed by atoms with van der Waals surface area (Å²) < 4.78 is 5.51. The van der Waals surface area contributed by atoms with Crippen LogP contribution in [0.15, 0.2) is 30.3 Å². The molecule has 2 aliphatic heterocycles. The van der Waals surface area contributed by atoms with E-state index in [0.717, 1.165) is 12.0 Å². The van der Waals surface area contributed by atoms with E-state index in [2.05, 4.69) is 5.32 Å². The fraction of sp³-hybridized carbons (Fsp3) is 0.630. The third kappa shape index (κ3) is 6.97. The smallest absolute Gasteiger partial charge is 0.410 e. The molecule has 0 saturated carbocycles. The molecule has 1 aromatic rings. The molecule has 37 heavy (non-hydrogen) atoms. The highest BCUT2D eigenvalue weighted by molar-refractivity contribution is 7.98. The normalized spacial score (nSPS) is 20.3. The first kappa shape index (κ1) is 28.8. The summed E-state index contributed by atoms with van der Waals surface area (Å²) in [5.74, 6) is -0.890. The molecule has 2 heterocycles. The SMILES string of the molecule is CSCCC(NC(=O)C1(c2ccccc2)CCN(C(=O)C2CCCN2C(=O)OC(C)(C)C)CC1)C(=O)O. The summed E-state index contributed by atoms with van der Waals surface area (Å²) in [7, 11) is 0. The highest BCUT2D eigenvalue weighted by atomic mass is 32.2. The number of carbonyl (C=O) groups excluding carboxylic acids is 3. The van der Waals surface area contributed by atoms with Gasteiger partial charge in [-0.1, -0.05) is 30.3 Å². The van der Waals surface area contributed by atoms with Crippen LogP contribution in [0.25, 0.3) is 0 Å². The number of likely N-dealkylation sites (tertiary alicyclic amines) is 2. The van der Waals surface area contributed by atoms with Gasteiger partial charge in [-0.05, 0) is 70.4 Å². The van der Waals surface area contributed by atoms with Crippen molar-refractivity contribution in [2.45, 2.75) is 76.0 Å². The van der Waals surface area contributed by atoms with Gasteiger partial charge in [0.05, 0.1) is 5.41 Å². The van der Waals surface area contributed by atoms with Gasteiger partial charge in [0.15, 0.2) is 0 Å². The van der Waals surface area contributed by atoms with Crippen LogP contribution in [-0.4, -0.2) is 88.1 Å². The van der Waals surface area contributed by atoms with E-state index in [1.54, 1.807) is 25.7 Å². The summed E-state index contributed by atoms with van der Waals surface area (Å²) in [5.41, 5.74) is -0.777. The third-order valence-corrected chi connectivity index (χ3v) is 7.71. The average molecular weight is 534 g/mol. The van der Waals surface area contributed by atoms with Crippen molar-refractivity contribution in [1.82, 2.24) is 15.1 Å². The van der Waals surface area contributed by atoms with Crippen molar-refractivity contribution in [2.75, 3.05) is 31.6 Å². The molecule has 0 bridgehead atoms. The minimum absolute atomic E-state index is 0.131. The van der Waals surface area contributed by atoms with E-state index in [1.807, 2.05) is 36.6 Å². The Morgan fingerprint density at radius 2 is 1.78 bits per heavy atom. The summed E-state index contributed by atoms with van der Waals surface area (Å²) in [6.07, 6.45) is 3.78. The fourth-order valence-electron chi connectivity index (χ4n) is 5.08. The number of carboxylic acid groups (broad SMARTS) is 1. The van der Waals surface area contributed by atoms with Crippen molar-refractivity contribution >= 4 is 35.6 Å². The summed E-state index contributed by atoms with van der Waals surface area (Å²) >= 11 is 1.53. The number of aliphatic carboxylic acids is 1. The molecule has 2 unspecified atom stereocenters. The van der Waals surface area contributed by atoms with Gasteiger partial charge in [0, 0.05) is 19.6 Å². The lowest BCUT2D eigenvalue weighted by atomic mass is 9.71. The Hall–Kier alpha value is -2.75. The molecule has 204 valence electrons. The van der Waals surface area contributed by atoms with Crippen LogP contribution in [-0.2, 0) is 24.5 Å². The average Bonchev–Trinajstić information content (AvgIpc) is 3.35. The molecular weight excluding hydrogens is 494 g/mol. The number of thioether (sulfide) groups is 1. The molecule has 9 nitrogen and oxygen atoms in total. The van der Waals surface area contributed by atoms with Crippen molar-refractivity contribution in [3.63, 3.8) is 0 Å². The van der Waals surface area contributed by atoms with Crippen LogP contribution < -0.4 is 5.32 Å². The van der Waals surface area contributed by atoms with Crippen molar-refractivity contribution in [1.29, 1.82) is 0 Å². The molecule has 0 radical (unpaired) electrons. The van der Waals surface area contributed by atoms with Gasteiger partial charge in [-0.3, -0.25) is 14.5 Å². The molecule has 2 fully saturated rings. The van der Waals surface area contributed by atoms with E-state index in [1.165, 1.54) is 16.7 Å². The number of amides is 3. The van der Waals surface area contributed by atoms with Crippen LogP contribution in [0.1, 0.15) is 58.4 Å². The Balaban J connectivity index is 1.75. The zero-order chi connectivity index (χ0) is 27.2. The number of nitrogens with one attached hydrogen (secondary N) is 1. The maximum atomic E-state index is 13.7. The van der Waals surface area contributed by atoms with E-state index < -0.39 is 35.2 Å². The second-order valence-corrected chi connectivity index (χ2v) is 11.7. The molecule has 0 spiro atoms. The minimum atomic E-state index is -1.05. The molecule has 2 atom stereocenters. The second-order valence-electron chi connectivity index (χ2n) is 10.8. The zero-order valence-electron chi connectivity index (χ0n) is 22.2. The number of hydrogen-bond donors (Lipinski definition) is 2. The van der Waals surface area contributed by atoms with Gasteiger partial charge in [0.2, 0.25) is 11.8 Å². The first-order chi connectivity index (χ1) is 17.5. The van der Waals surface area contributed by atoms with Gasteiger partial charge < -0.3 is 20.1 Å². The highest BCUT2D eigenvalue weighted by Crippen LogP contribution is 2.37. The van der Waals surface area contributed by atoms with Crippen molar-refractivity contribution < 1.29 is 29.0 Å². The van der Waals surface area contributed by atoms with Gasteiger partial charge in [0.25, 0.3) is 0 Å². The highest BCUT2D eigenvalue weighted by Gasteiger charge is 2.46. The molecule has 0 aliphatic carbocycles. The maximum absolute atomic E-state index is 13.7. The lowest BCUT2D eigenvalue weighted by molar-refractivity contribution is -0.144. The molecular formula is C27H39N3O6S. The quantitative estimate of drug-likeness (QED) is 0.527. The van der Waals surface area contributed by atoms with Gasteiger partial charge in [-0.15, -0.1) is 0 Å². The van der Waals surface area contributed by atoms with Crippen molar-refractivity contribution in [3.8, 4) is 0 Å². The summed E-state index contributed by atoms with van der Waals surface area (Å²) in [6.45, 7) is 6.54. The minimum Gasteiger partial charge on any atom is -0.480 e. The topological polar surface area (TPSA) is 116 Å². The number of ether oxygens (including phenoxy) is 1. The monoisotopic (exact) mass is 533 g/mol. The predicted octanol–water partition coefficient (Wildman–Crippen LogP) is 3.27. The first-order valence-electron chi connectivity index (χ1n) is 12.8. The number of piperidine rings is 1. The lowest BCUT2D eigenvalue weighted by Gasteiger charge is -2.42. The Kier molecular flexibility index (Phi) is 9.50. The number of rotatable bonds is 8. The Labute approximate surface area is 223 Å². The molecule has 2 aliphatic rings. The summed E-state index contributed by atoms with van der Waals surface area (Å²) in [5, 5.41) is 12.4. The Bertz CT molecular complexity index is 972. The van der Waals surface area contributed by atoms with Gasteiger partial charge in [-0.25, -0.2) is 9.59 Å². The van der Waals surface area contributed by atoms with Crippen LogP contribution >= 0.6 is 11.8 Å². The number of nitrogens with zero attached hydrogens (tertiary/aromatic N) is 2. The standard InChI is InChI=1S/C27H39N3O6S/c1-26(2,3)36-25(35)30-15-8-11-21(30)22(31)29-16-13-27(14-17-29,19-9-6-5-7-10-19)24(34)28-20(23(32)33)12-18-37-4/h5-7,9-10,20-21H,8,11-18H2,1-4H3,(H,28,34)(H,32,33). The molecule has 3 amide bonds. The van der Waals surface area contributed by atoms with Gasteiger partial charge >= 0.3 is 12.1 Å². The van der Waals surface area contributed by atoms with Crippen LogP contribution in [0.3, 0.4) is 0 Å². The predicted molar refractivity (Wildman–Crippen MR) is 142 cm³/mol. The molecule has 2 saturated heterocycles. The number of benzene rings is 1. The number of carbonyl (C=O) groups is 4. The number of hydrogen-bond acceptors (Lipinski definition) is 6. The van der Waals surface area contributed by atoms with E-state index in [-0.39, 0.29) is 11.8 Å². The lowest BCUT2D eigenvalue weighted by Crippen LogP contribution is -2.57. The molecule has 0 aromatic heterocycles. The van der Waals surface area contributed by atoms with Crippen molar-refractivity contribution in [3.05, 3.63) is 35.9 Å². The number of carboxylic acids is 1. The second kappa shape index (κ2) is 12.2. The van der Waals surface area contributed by atoms with Crippen LogP contribution in [0.5, 0.6) is 0 Å². The van der Waals surface area contributed by atoms with E-state index in [9.17, 15) is 24.3 Å². The van der Waals surface area contributed by atoms with E-state index >= 15 is 0 Å². The Morgan fingerprint density at radius 1 is 1.14 bits per heavy atom. The zero-order valence-corrected chi connectivity index (χ0v) is 23.0. The van der Waals surface area contributed by atoms with E-state index in [4.69, 9.17) is 4.74 Å². The summed E-state index contributed by atoms with van der Waals surface area (Å²) in [4.78, 5) is 54.9. The Morgan fingerprint density at radius 3 is 2.35 bits per heavy atom. The van der Waals surface area contributed by atoms with Crippen molar-refractivity contribution in [2.24, 2.45) is 0 Å². The molecule has 2 N–H and O–H groups in total. The van der Waals surface area contributed by atoms with E-state index in [0.29, 0.717) is 51.1 Å². The fourth-order valence-corrected chi connectivity index (χ4v) is 5.55. The first-order valence-corrected chi connectivity index (χ1v) is 14.2. The van der Waals surface area contributed by atoms with Crippen LogP contribution in [0.2, 0.25) is 0 Å². The molecule has 10 heteroatoms. The van der Waals surface area contributed by atoms with Crippen LogP contribution in [0.4, 0.5) is 4.79 Å². The largest absolute Gasteiger partial charge is 0.480 e. The third-order valence-electron chi connectivity index (χ3n) is 7.07. The van der Waals surface area contributed by atoms with Gasteiger partial charge in [0.1, 0.15) is 17.7 Å². The molecule has 1 aromatic carbocycles. The maximum Gasteiger partial charge on any atom is 0.410 e. The van der Waals surface area contributed by atoms with Crippen LogP contribution in [0, 0.1) is 0 Å². The molecule has 3 rings (SSSR count).